The molecule has 1 aliphatic rings. The summed E-state index contributed by atoms with van der Waals surface area (Å²) in [6, 6.07) is 8.14. The van der Waals surface area contributed by atoms with Crippen LogP contribution in [0.2, 0.25) is 0 Å². The number of ether oxygens (including phenoxy) is 1. The van der Waals surface area contributed by atoms with E-state index in [1.807, 2.05) is 18.2 Å². The minimum Gasteiger partial charge on any atom is -0.493 e. The predicted octanol–water partition coefficient (Wildman–Crippen LogP) is 3.53. The van der Waals surface area contributed by atoms with E-state index >= 15 is 0 Å². The zero-order valence-corrected chi connectivity index (χ0v) is 12.4. The Morgan fingerprint density at radius 1 is 1.30 bits per heavy atom. The number of hydrogen-bond donors (Lipinski definition) is 0. The third kappa shape index (κ3) is 4.34. The predicted molar refractivity (Wildman–Crippen MR) is 81.4 cm³/mol. The molecule has 0 amide bonds. The molecule has 0 aliphatic carbocycles. The lowest BCUT2D eigenvalue weighted by Gasteiger charge is -2.33. The number of hydrogen-bond acceptors (Lipinski definition) is 3. The first kappa shape index (κ1) is 15.0. The molecule has 1 atom stereocenters. The Hall–Kier alpha value is -1.35. The lowest BCUT2D eigenvalue weighted by molar-refractivity contribution is 0.111. The minimum absolute atomic E-state index is 0.636. The van der Waals surface area contributed by atoms with E-state index in [4.69, 9.17) is 4.74 Å². The van der Waals surface area contributed by atoms with Gasteiger partial charge in [-0.05, 0) is 57.8 Å². The van der Waals surface area contributed by atoms with Crippen LogP contribution in [-0.4, -0.2) is 36.9 Å². The fourth-order valence-corrected chi connectivity index (χ4v) is 2.80. The molecule has 1 aromatic rings. The van der Waals surface area contributed by atoms with Crippen molar-refractivity contribution < 1.29 is 9.53 Å². The van der Waals surface area contributed by atoms with Crippen LogP contribution < -0.4 is 4.74 Å². The number of aldehydes is 1. The van der Waals surface area contributed by atoms with E-state index < -0.39 is 0 Å². The second-order valence-corrected chi connectivity index (χ2v) is 5.59. The number of likely N-dealkylation sites (tertiary alicyclic amines) is 1. The van der Waals surface area contributed by atoms with E-state index in [2.05, 4.69) is 11.8 Å². The summed E-state index contributed by atoms with van der Waals surface area (Å²) in [6.07, 6.45) is 7.11. The molecule has 1 fully saturated rings. The van der Waals surface area contributed by atoms with Gasteiger partial charge < -0.3 is 9.64 Å². The van der Waals surface area contributed by atoms with Crippen molar-refractivity contribution in [2.45, 2.75) is 45.1 Å². The maximum atomic E-state index is 10.9. The largest absolute Gasteiger partial charge is 0.493 e. The number of nitrogens with zero attached hydrogens (tertiary/aromatic N) is 1. The van der Waals surface area contributed by atoms with Crippen molar-refractivity contribution in [2.75, 3.05) is 19.7 Å². The summed E-state index contributed by atoms with van der Waals surface area (Å²) < 4.78 is 5.69. The van der Waals surface area contributed by atoms with Crippen molar-refractivity contribution in [2.24, 2.45) is 0 Å². The molecule has 0 spiro atoms. The van der Waals surface area contributed by atoms with Crippen molar-refractivity contribution in [1.82, 2.24) is 4.90 Å². The molecule has 0 aromatic heterocycles. The van der Waals surface area contributed by atoms with Gasteiger partial charge in [0.1, 0.15) is 5.75 Å². The van der Waals surface area contributed by atoms with Crippen LogP contribution in [0.3, 0.4) is 0 Å². The molecule has 1 aromatic carbocycles. The molecule has 1 heterocycles. The first-order chi connectivity index (χ1) is 9.81. The molecule has 3 heteroatoms. The van der Waals surface area contributed by atoms with Gasteiger partial charge in [-0.2, -0.15) is 0 Å². The third-order valence-corrected chi connectivity index (χ3v) is 4.08. The van der Waals surface area contributed by atoms with Crippen LogP contribution in [-0.2, 0) is 0 Å². The zero-order chi connectivity index (χ0) is 14.2. The Bertz CT molecular complexity index is 419. The monoisotopic (exact) mass is 275 g/mol. The minimum atomic E-state index is 0.636. The van der Waals surface area contributed by atoms with Gasteiger partial charge in [0.2, 0.25) is 0 Å². The van der Waals surface area contributed by atoms with E-state index in [1.54, 1.807) is 6.07 Å². The van der Waals surface area contributed by atoms with Crippen molar-refractivity contribution in [1.29, 1.82) is 0 Å². The first-order valence-corrected chi connectivity index (χ1v) is 7.72. The molecule has 0 N–H and O–H groups in total. The number of piperidine rings is 1. The Balaban J connectivity index is 1.65. The number of benzene rings is 1. The van der Waals surface area contributed by atoms with E-state index in [0.29, 0.717) is 17.9 Å². The van der Waals surface area contributed by atoms with Gasteiger partial charge in [-0.15, -0.1) is 0 Å². The Morgan fingerprint density at radius 2 is 2.15 bits per heavy atom. The van der Waals surface area contributed by atoms with Gasteiger partial charge >= 0.3 is 0 Å². The summed E-state index contributed by atoms with van der Waals surface area (Å²) in [4.78, 5) is 13.5. The van der Waals surface area contributed by atoms with Crippen LogP contribution in [0.5, 0.6) is 5.75 Å². The number of carbonyl (C=O) groups excluding carboxylic acids is 1. The van der Waals surface area contributed by atoms with Gasteiger partial charge in [0.25, 0.3) is 0 Å². The highest BCUT2D eigenvalue weighted by Gasteiger charge is 2.16. The number of carbonyl (C=O) groups is 1. The maximum absolute atomic E-state index is 10.9. The first-order valence-electron chi connectivity index (χ1n) is 7.72. The van der Waals surface area contributed by atoms with E-state index in [-0.39, 0.29) is 0 Å². The maximum Gasteiger partial charge on any atom is 0.153 e. The molecule has 1 aliphatic heterocycles. The molecule has 20 heavy (non-hydrogen) atoms. The van der Waals surface area contributed by atoms with Gasteiger partial charge in [-0.1, -0.05) is 18.6 Å². The standard InChI is InChI=1S/C17H25NO2/c1-15-8-4-5-11-18(15)12-6-7-13-20-17-10-3-2-9-16(17)14-19/h2-3,9-10,14-15H,4-8,11-13H2,1H3/t15-/m1/s1. The van der Waals surface area contributed by atoms with Crippen LogP contribution in [0.15, 0.2) is 24.3 Å². The van der Waals surface area contributed by atoms with Crippen molar-refractivity contribution >= 4 is 6.29 Å². The number of para-hydroxylation sites is 1. The van der Waals surface area contributed by atoms with Gasteiger partial charge in [0, 0.05) is 6.04 Å². The lowest BCUT2D eigenvalue weighted by atomic mass is 10.0. The van der Waals surface area contributed by atoms with Crippen LogP contribution in [0, 0.1) is 0 Å². The van der Waals surface area contributed by atoms with Crippen molar-refractivity contribution in [3.05, 3.63) is 29.8 Å². The molecule has 110 valence electrons. The highest BCUT2D eigenvalue weighted by molar-refractivity contribution is 5.79. The van der Waals surface area contributed by atoms with Crippen molar-refractivity contribution in [3.63, 3.8) is 0 Å². The second kappa shape index (κ2) is 8.05. The average molecular weight is 275 g/mol. The molecule has 0 unspecified atom stereocenters. The van der Waals surface area contributed by atoms with Crippen LogP contribution in [0.25, 0.3) is 0 Å². The van der Waals surface area contributed by atoms with Crippen molar-refractivity contribution in [3.8, 4) is 5.75 Å². The van der Waals surface area contributed by atoms with Crippen LogP contribution in [0.1, 0.15) is 49.4 Å². The molecule has 0 radical (unpaired) electrons. The summed E-state index contributed by atoms with van der Waals surface area (Å²) >= 11 is 0. The molecule has 3 nitrogen and oxygen atoms in total. The summed E-state index contributed by atoms with van der Waals surface area (Å²) in [7, 11) is 0. The van der Waals surface area contributed by atoms with Gasteiger partial charge in [-0.3, -0.25) is 4.79 Å². The highest BCUT2D eigenvalue weighted by atomic mass is 16.5. The SMILES string of the molecule is C[C@@H]1CCCCN1CCCCOc1ccccc1C=O. The molecule has 2 rings (SSSR count). The second-order valence-electron chi connectivity index (χ2n) is 5.59. The van der Waals surface area contributed by atoms with E-state index in [1.165, 1.54) is 32.4 Å². The fourth-order valence-electron chi connectivity index (χ4n) is 2.80. The molecule has 1 saturated heterocycles. The Morgan fingerprint density at radius 3 is 2.95 bits per heavy atom. The normalized spacial score (nSPS) is 19.8. The summed E-state index contributed by atoms with van der Waals surface area (Å²) in [5, 5.41) is 0. The quantitative estimate of drug-likeness (QED) is 0.563. The fraction of sp³-hybridized carbons (Fsp3) is 0.588. The number of rotatable bonds is 7. The summed E-state index contributed by atoms with van der Waals surface area (Å²) in [5.41, 5.74) is 0.636. The van der Waals surface area contributed by atoms with E-state index in [0.717, 1.165) is 25.2 Å². The Labute approximate surface area is 121 Å². The number of unbranched alkanes of at least 4 members (excludes halogenated alkanes) is 1. The van der Waals surface area contributed by atoms with Gasteiger partial charge in [0.15, 0.2) is 6.29 Å². The summed E-state index contributed by atoms with van der Waals surface area (Å²) in [5.74, 6) is 0.703. The zero-order valence-electron chi connectivity index (χ0n) is 12.4. The van der Waals surface area contributed by atoms with E-state index in [9.17, 15) is 4.79 Å². The topological polar surface area (TPSA) is 29.5 Å². The van der Waals surface area contributed by atoms with Crippen LogP contribution >= 0.6 is 0 Å². The molecular formula is C17H25NO2. The smallest absolute Gasteiger partial charge is 0.153 e. The average Bonchev–Trinajstić information content (AvgIpc) is 2.49. The lowest BCUT2D eigenvalue weighted by Crippen LogP contribution is -2.38. The molecule has 0 bridgehead atoms. The van der Waals surface area contributed by atoms with Crippen LogP contribution in [0.4, 0.5) is 0 Å². The highest BCUT2D eigenvalue weighted by Crippen LogP contribution is 2.18. The van der Waals surface area contributed by atoms with Gasteiger partial charge in [0.05, 0.1) is 12.2 Å². The third-order valence-electron chi connectivity index (χ3n) is 4.08. The Kier molecular flexibility index (Phi) is 6.06. The molecular weight excluding hydrogens is 250 g/mol. The molecule has 0 saturated carbocycles. The van der Waals surface area contributed by atoms with Gasteiger partial charge in [-0.25, -0.2) is 0 Å². The summed E-state index contributed by atoms with van der Waals surface area (Å²) in [6.45, 7) is 5.43.